The SMILES string of the molecule is CC(C)OC(=O)C(C)Nc1n[nH]c(=O)[nH]c1=O. The van der Waals surface area contributed by atoms with Crippen LogP contribution < -0.4 is 16.6 Å². The van der Waals surface area contributed by atoms with Crippen molar-refractivity contribution in [1.82, 2.24) is 15.2 Å². The molecule has 1 aromatic rings. The van der Waals surface area contributed by atoms with Gasteiger partial charge in [-0.3, -0.25) is 9.78 Å². The molecule has 1 aromatic heterocycles. The quantitative estimate of drug-likeness (QED) is 0.596. The summed E-state index contributed by atoms with van der Waals surface area (Å²) in [5, 5.41) is 8.07. The van der Waals surface area contributed by atoms with Gasteiger partial charge in [0.15, 0.2) is 0 Å². The Morgan fingerprint density at radius 2 is 2.00 bits per heavy atom. The number of hydrogen-bond acceptors (Lipinski definition) is 6. The van der Waals surface area contributed by atoms with Gasteiger partial charge in [-0.2, -0.15) is 0 Å². The predicted octanol–water partition coefficient (Wildman–Crippen LogP) is -0.790. The molecule has 0 aliphatic heterocycles. The molecular weight excluding hydrogens is 228 g/mol. The van der Waals surface area contributed by atoms with Gasteiger partial charge in [0.05, 0.1) is 6.10 Å². The maximum absolute atomic E-state index is 11.4. The smallest absolute Gasteiger partial charge is 0.342 e. The second-order valence-corrected chi connectivity index (χ2v) is 3.71. The standard InChI is InChI=1S/C9H14N4O4/c1-4(2)17-8(15)5(3)10-6-7(14)11-9(16)13-12-6/h4-5H,1-3H3,(H,10,12)(H2,11,13,14,16). The van der Waals surface area contributed by atoms with E-state index >= 15 is 0 Å². The minimum Gasteiger partial charge on any atom is -0.461 e. The van der Waals surface area contributed by atoms with Gasteiger partial charge < -0.3 is 10.1 Å². The maximum atomic E-state index is 11.4. The van der Waals surface area contributed by atoms with E-state index in [1.165, 1.54) is 6.92 Å². The first-order valence-corrected chi connectivity index (χ1v) is 5.06. The van der Waals surface area contributed by atoms with Crippen LogP contribution in [-0.4, -0.2) is 33.3 Å². The molecule has 0 bridgehead atoms. The van der Waals surface area contributed by atoms with Gasteiger partial charge in [-0.25, -0.2) is 14.7 Å². The summed E-state index contributed by atoms with van der Waals surface area (Å²) in [6, 6.07) is -0.739. The van der Waals surface area contributed by atoms with E-state index < -0.39 is 23.3 Å². The number of ether oxygens (including phenoxy) is 1. The Morgan fingerprint density at radius 1 is 1.35 bits per heavy atom. The number of aromatic nitrogens is 3. The highest BCUT2D eigenvalue weighted by molar-refractivity contribution is 5.78. The zero-order valence-electron chi connectivity index (χ0n) is 9.73. The highest BCUT2D eigenvalue weighted by Crippen LogP contribution is 1.99. The minimum atomic E-state index is -0.739. The molecule has 8 heteroatoms. The van der Waals surface area contributed by atoms with Gasteiger partial charge in [-0.05, 0) is 20.8 Å². The first-order chi connectivity index (χ1) is 7.90. The van der Waals surface area contributed by atoms with Crippen LogP contribution in [0.1, 0.15) is 20.8 Å². The van der Waals surface area contributed by atoms with Crippen molar-refractivity contribution in [3.63, 3.8) is 0 Å². The fourth-order valence-corrected chi connectivity index (χ4v) is 1.04. The number of hydrogen-bond donors (Lipinski definition) is 3. The van der Waals surface area contributed by atoms with Gasteiger partial charge in [-0.15, -0.1) is 5.10 Å². The largest absolute Gasteiger partial charge is 0.461 e. The first kappa shape index (κ1) is 12.9. The van der Waals surface area contributed by atoms with E-state index in [2.05, 4.69) is 15.5 Å². The molecule has 0 spiro atoms. The Labute approximate surface area is 96.4 Å². The van der Waals surface area contributed by atoms with Crippen molar-refractivity contribution in [3.05, 3.63) is 20.8 Å². The predicted molar refractivity (Wildman–Crippen MR) is 59.8 cm³/mol. The number of H-pyrrole nitrogens is 2. The van der Waals surface area contributed by atoms with Crippen LogP contribution in [-0.2, 0) is 9.53 Å². The molecule has 0 radical (unpaired) electrons. The van der Waals surface area contributed by atoms with Crippen molar-refractivity contribution in [3.8, 4) is 0 Å². The third kappa shape index (κ3) is 3.74. The Bertz CT molecular complexity index is 504. The molecule has 1 unspecified atom stereocenters. The Hall–Kier alpha value is -2.12. The Kier molecular flexibility index (Phi) is 4.02. The summed E-state index contributed by atoms with van der Waals surface area (Å²) < 4.78 is 4.93. The second kappa shape index (κ2) is 5.28. The van der Waals surface area contributed by atoms with E-state index in [9.17, 15) is 14.4 Å². The lowest BCUT2D eigenvalue weighted by Crippen LogP contribution is -2.35. The van der Waals surface area contributed by atoms with Gasteiger partial charge in [0.1, 0.15) is 6.04 Å². The molecule has 17 heavy (non-hydrogen) atoms. The van der Waals surface area contributed by atoms with Crippen LogP contribution in [0.2, 0.25) is 0 Å². The van der Waals surface area contributed by atoms with E-state index in [-0.39, 0.29) is 11.9 Å². The molecule has 0 aromatic carbocycles. The number of nitrogens with zero attached hydrogens (tertiary/aromatic N) is 1. The third-order valence-corrected chi connectivity index (χ3v) is 1.77. The first-order valence-electron chi connectivity index (χ1n) is 5.06. The Morgan fingerprint density at radius 3 is 2.53 bits per heavy atom. The summed E-state index contributed by atoms with van der Waals surface area (Å²) in [5.74, 6) is -0.648. The van der Waals surface area contributed by atoms with Crippen molar-refractivity contribution < 1.29 is 9.53 Å². The summed E-state index contributed by atoms with van der Waals surface area (Å²) in [6.07, 6.45) is -0.242. The second-order valence-electron chi connectivity index (χ2n) is 3.71. The lowest BCUT2D eigenvalue weighted by Gasteiger charge is -2.14. The van der Waals surface area contributed by atoms with Crippen LogP contribution in [0.4, 0.5) is 5.82 Å². The molecule has 8 nitrogen and oxygen atoms in total. The fourth-order valence-electron chi connectivity index (χ4n) is 1.04. The fraction of sp³-hybridized carbons (Fsp3) is 0.556. The maximum Gasteiger partial charge on any atom is 0.342 e. The van der Waals surface area contributed by atoms with Gasteiger partial charge in [0.25, 0.3) is 5.56 Å². The highest BCUT2D eigenvalue weighted by Gasteiger charge is 2.17. The number of carbonyl (C=O) groups excluding carboxylic acids is 1. The highest BCUT2D eigenvalue weighted by atomic mass is 16.5. The summed E-state index contributed by atoms with van der Waals surface area (Å²) >= 11 is 0. The van der Waals surface area contributed by atoms with E-state index in [0.717, 1.165) is 0 Å². The zero-order valence-corrected chi connectivity index (χ0v) is 9.73. The zero-order chi connectivity index (χ0) is 13.0. The average Bonchev–Trinajstić information content (AvgIpc) is 2.21. The lowest BCUT2D eigenvalue weighted by atomic mass is 10.3. The summed E-state index contributed by atoms with van der Waals surface area (Å²) in [7, 11) is 0. The van der Waals surface area contributed by atoms with Crippen molar-refractivity contribution in [2.75, 3.05) is 5.32 Å². The summed E-state index contributed by atoms with van der Waals surface area (Å²) in [4.78, 5) is 35.4. The molecule has 0 amide bonds. The summed E-state index contributed by atoms with van der Waals surface area (Å²) in [5.41, 5.74) is -1.41. The van der Waals surface area contributed by atoms with Crippen LogP contribution in [0.5, 0.6) is 0 Å². The number of aromatic amines is 2. The van der Waals surface area contributed by atoms with E-state index in [0.29, 0.717) is 0 Å². The van der Waals surface area contributed by atoms with Crippen LogP contribution in [0.3, 0.4) is 0 Å². The number of rotatable bonds is 4. The molecule has 0 saturated carbocycles. The molecule has 94 valence electrons. The molecule has 1 rings (SSSR count). The molecular formula is C9H14N4O4. The molecule has 0 saturated heterocycles. The lowest BCUT2D eigenvalue weighted by molar-refractivity contribution is -0.147. The molecule has 0 aliphatic carbocycles. The molecule has 1 heterocycles. The van der Waals surface area contributed by atoms with Crippen molar-refractivity contribution >= 4 is 11.8 Å². The van der Waals surface area contributed by atoms with E-state index in [1.807, 2.05) is 4.98 Å². The van der Waals surface area contributed by atoms with Crippen molar-refractivity contribution in [2.24, 2.45) is 0 Å². The van der Waals surface area contributed by atoms with Gasteiger partial charge in [0.2, 0.25) is 5.82 Å². The van der Waals surface area contributed by atoms with Crippen molar-refractivity contribution in [1.29, 1.82) is 0 Å². The topological polar surface area (TPSA) is 117 Å². The van der Waals surface area contributed by atoms with Crippen LogP contribution >= 0.6 is 0 Å². The van der Waals surface area contributed by atoms with Crippen molar-refractivity contribution in [2.45, 2.75) is 32.9 Å². The number of anilines is 1. The van der Waals surface area contributed by atoms with Crippen LogP contribution in [0, 0.1) is 0 Å². The molecule has 0 fully saturated rings. The van der Waals surface area contributed by atoms with Gasteiger partial charge in [0, 0.05) is 0 Å². The number of esters is 1. The van der Waals surface area contributed by atoms with E-state index in [4.69, 9.17) is 4.74 Å². The Balaban J connectivity index is 2.74. The number of carbonyl (C=O) groups is 1. The normalized spacial score (nSPS) is 12.2. The van der Waals surface area contributed by atoms with E-state index in [1.54, 1.807) is 13.8 Å². The van der Waals surface area contributed by atoms with Crippen LogP contribution in [0.15, 0.2) is 9.59 Å². The monoisotopic (exact) mass is 242 g/mol. The van der Waals surface area contributed by atoms with Crippen LogP contribution in [0.25, 0.3) is 0 Å². The molecule has 0 aliphatic rings. The summed E-state index contributed by atoms with van der Waals surface area (Å²) in [6.45, 7) is 4.96. The molecule has 3 N–H and O–H groups in total. The van der Waals surface area contributed by atoms with Gasteiger partial charge >= 0.3 is 11.7 Å². The number of nitrogens with one attached hydrogen (secondary N) is 3. The minimum absolute atomic E-state index is 0.141. The average molecular weight is 242 g/mol. The molecule has 1 atom stereocenters. The third-order valence-electron chi connectivity index (χ3n) is 1.77. The van der Waals surface area contributed by atoms with Gasteiger partial charge in [-0.1, -0.05) is 0 Å².